The fraction of sp³-hybridized carbons (Fsp3) is 0.364. The van der Waals surface area contributed by atoms with Gasteiger partial charge in [0.25, 0.3) is 0 Å². The van der Waals surface area contributed by atoms with Gasteiger partial charge in [0.1, 0.15) is 11.6 Å². The summed E-state index contributed by atoms with van der Waals surface area (Å²) >= 11 is 0. The molecule has 0 amide bonds. The summed E-state index contributed by atoms with van der Waals surface area (Å²) in [6.45, 7) is 0. The number of rotatable bonds is 3. The van der Waals surface area contributed by atoms with Gasteiger partial charge in [0.15, 0.2) is 0 Å². The Morgan fingerprint density at radius 2 is 2.00 bits per heavy atom. The third-order valence-electron chi connectivity index (χ3n) is 2.75. The van der Waals surface area contributed by atoms with E-state index in [0.717, 1.165) is 25.3 Å². The van der Waals surface area contributed by atoms with Gasteiger partial charge in [0.05, 0.1) is 11.3 Å². The van der Waals surface area contributed by atoms with Gasteiger partial charge < -0.3 is 10.4 Å². The molecule has 1 saturated carbocycles. The molecule has 0 aromatic heterocycles. The normalized spacial score (nSPS) is 15.6. The van der Waals surface area contributed by atoms with E-state index < -0.39 is 23.2 Å². The van der Waals surface area contributed by atoms with Crippen molar-refractivity contribution in [2.24, 2.45) is 0 Å². The van der Waals surface area contributed by atoms with Crippen LogP contribution in [-0.2, 0) is 0 Å². The first-order chi connectivity index (χ1) is 7.58. The highest BCUT2D eigenvalue weighted by Crippen LogP contribution is 2.26. The molecule has 0 spiro atoms. The fourth-order valence-corrected chi connectivity index (χ4v) is 1.60. The summed E-state index contributed by atoms with van der Waals surface area (Å²) < 4.78 is 26.4. The fourth-order valence-electron chi connectivity index (χ4n) is 1.60. The van der Waals surface area contributed by atoms with E-state index in [0.29, 0.717) is 6.07 Å². The molecule has 1 aromatic rings. The van der Waals surface area contributed by atoms with Crippen LogP contribution in [0.1, 0.15) is 29.6 Å². The number of hydrogen-bond donors (Lipinski definition) is 2. The topological polar surface area (TPSA) is 49.3 Å². The molecule has 16 heavy (non-hydrogen) atoms. The number of carboxylic acids is 1. The van der Waals surface area contributed by atoms with Gasteiger partial charge in [-0.25, -0.2) is 13.6 Å². The minimum Gasteiger partial charge on any atom is -0.478 e. The van der Waals surface area contributed by atoms with Gasteiger partial charge >= 0.3 is 5.97 Å². The Balaban J connectivity index is 2.28. The second-order valence-corrected chi connectivity index (χ2v) is 3.89. The first-order valence-corrected chi connectivity index (χ1v) is 5.07. The van der Waals surface area contributed by atoms with Gasteiger partial charge in [0.2, 0.25) is 0 Å². The zero-order valence-electron chi connectivity index (χ0n) is 8.46. The van der Waals surface area contributed by atoms with Crippen molar-refractivity contribution < 1.29 is 18.7 Å². The van der Waals surface area contributed by atoms with Crippen LogP contribution < -0.4 is 5.32 Å². The molecule has 0 aliphatic heterocycles. The van der Waals surface area contributed by atoms with Crippen LogP contribution in [0.25, 0.3) is 0 Å². The second kappa shape index (κ2) is 4.08. The van der Waals surface area contributed by atoms with E-state index in [1.54, 1.807) is 0 Å². The highest BCUT2D eigenvalue weighted by molar-refractivity contribution is 5.89. The minimum absolute atomic E-state index is 0.0588. The van der Waals surface area contributed by atoms with Crippen molar-refractivity contribution in [2.45, 2.75) is 25.3 Å². The Labute approximate surface area is 91.1 Å². The van der Waals surface area contributed by atoms with Crippen LogP contribution in [0.2, 0.25) is 0 Å². The average molecular weight is 227 g/mol. The maximum absolute atomic E-state index is 13.3. The molecule has 3 nitrogen and oxygen atoms in total. The van der Waals surface area contributed by atoms with Crippen molar-refractivity contribution in [3.63, 3.8) is 0 Å². The molecule has 0 radical (unpaired) electrons. The Kier molecular flexibility index (Phi) is 2.77. The molecular formula is C11H11F2NO2. The molecule has 2 N–H and O–H groups in total. The molecule has 0 atom stereocenters. The van der Waals surface area contributed by atoms with Gasteiger partial charge in [-0.3, -0.25) is 0 Å². The Morgan fingerprint density at radius 3 is 2.50 bits per heavy atom. The quantitative estimate of drug-likeness (QED) is 0.834. The van der Waals surface area contributed by atoms with Gasteiger partial charge in [-0.05, 0) is 25.3 Å². The molecule has 1 fully saturated rings. The summed E-state index contributed by atoms with van der Waals surface area (Å²) in [6.07, 6.45) is 2.94. The van der Waals surface area contributed by atoms with E-state index >= 15 is 0 Å². The van der Waals surface area contributed by atoms with Crippen LogP contribution in [0.15, 0.2) is 12.1 Å². The Hall–Kier alpha value is -1.65. The van der Waals surface area contributed by atoms with Crippen molar-refractivity contribution in [2.75, 3.05) is 5.32 Å². The van der Waals surface area contributed by atoms with Crippen molar-refractivity contribution in [1.29, 1.82) is 0 Å². The molecule has 0 bridgehead atoms. The van der Waals surface area contributed by atoms with E-state index in [2.05, 4.69) is 5.32 Å². The van der Waals surface area contributed by atoms with Crippen molar-refractivity contribution >= 4 is 11.7 Å². The van der Waals surface area contributed by atoms with Crippen LogP contribution in [0.3, 0.4) is 0 Å². The zero-order valence-corrected chi connectivity index (χ0v) is 8.46. The SMILES string of the molecule is O=C(O)c1cc(NC2CCC2)c(F)cc1F. The molecule has 1 aliphatic rings. The predicted octanol–water partition coefficient (Wildman–Crippen LogP) is 2.63. The first-order valence-electron chi connectivity index (χ1n) is 5.07. The van der Waals surface area contributed by atoms with E-state index in [-0.39, 0.29) is 11.7 Å². The van der Waals surface area contributed by atoms with E-state index in [9.17, 15) is 13.6 Å². The smallest absolute Gasteiger partial charge is 0.338 e. The highest BCUT2D eigenvalue weighted by Gasteiger charge is 2.20. The lowest BCUT2D eigenvalue weighted by Crippen LogP contribution is -2.27. The molecule has 0 saturated heterocycles. The predicted molar refractivity (Wildman–Crippen MR) is 54.6 cm³/mol. The van der Waals surface area contributed by atoms with Crippen LogP contribution >= 0.6 is 0 Å². The molecule has 1 aliphatic carbocycles. The number of halogens is 2. The number of aromatic carboxylic acids is 1. The van der Waals surface area contributed by atoms with Gasteiger partial charge in [-0.2, -0.15) is 0 Å². The van der Waals surface area contributed by atoms with E-state index in [1.807, 2.05) is 0 Å². The van der Waals surface area contributed by atoms with Crippen LogP contribution in [0.5, 0.6) is 0 Å². The van der Waals surface area contributed by atoms with Crippen molar-refractivity contribution in [3.8, 4) is 0 Å². The maximum Gasteiger partial charge on any atom is 0.338 e. The molecule has 86 valence electrons. The number of nitrogens with one attached hydrogen (secondary N) is 1. The lowest BCUT2D eigenvalue weighted by Gasteiger charge is -2.27. The van der Waals surface area contributed by atoms with Gasteiger partial charge in [-0.15, -0.1) is 0 Å². The molecule has 5 heteroatoms. The number of carboxylic acid groups (broad SMARTS) is 1. The number of hydrogen-bond acceptors (Lipinski definition) is 2. The van der Waals surface area contributed by atoms with Crippen LogP contribution in [-0.4, -0.2) is 17.1 Å². The minimum atomic E-state index is -1.39. The summed E-state index contributed by atoms with van der Waals surface area (Å²) in [4.78, 5) is 10.7. The lowest BCUT2D eigenvalue weighted by atomic mass is 9.93. The Bertz CT molecular complexity index is 430. The van der Waals surface area contributed by atoms with Crippen LogP contribution in [0.4, 0.5) is 14.5 Å². The third-order valence-corrected chi connectivity index (χ3v) is 2.75. The molecule has 1 aromatic carbocycles. The lowest BCUT2D eigenvalue weighted by molar-refractivity contribution is 0.0692. The number of anilines is 1. The highest BCUT2D eigenvalue weighted by atomic mass is 19.1. The van der Waals surface area contributed by atoms with E-state index in [4.69, 9.17) is 5.11 Å². The van der Waals surface area contributed by atoms with E-state index in [1.165, 1.54) is 0 Å². The van der Waals surface area contributed by atoms with Gasteiger partial charge in [0, 0.05) is 12.1 Å². The maximum atomic E-state index is 13.3. The zero-order chi connectivity index (χ0) is 11.7. The Morgan fingerprint density at radius 1 is 1.31 bits per heavy atom. The third kappa shape index (κ3) is 1.98. The number of benzene rings is 1. The first kappa shape index (κ1) is 10.9. The molecule has 0 unspecified atom stereocenters. The standard InChI is InChI=1S/C11H11F2NO2/c12-8-5-9(13)10(4-7(8)11(15)16)14-6-2-1-3-6/h4-6,14H,1-3H2,(H,15,16). The summed E-state index contributed by atoms with van der Waals surface area (Å²) in [6, 6.07) is 1.78. The second-order valence-electron chi connectivity index (χ2n) is 3.89. The average Bonchev–Trinajstić information content (AvgIpc) is 2.13. The van der Waals surface area contributed by atoms with Crippen molar-refractivity contribution in [1.82, 2.24) is 0 Å². The molecular weight excluding hydrogens is 216 g/mol. The summed E-state index contributed by atoms with van der Waals surface area (Å²) in [5.74, 6) is -3.20. The number of carbonyl (C=O) groups is 1. The molecule has 2 rings (SSSR count). The summed E-state index contributed by atoms with van der Waals surface area (Å²) in [7, 11) is 0. The largest absolute Gasteiger partial charge is 0.478 e. The monoisotopic (exact) mass is 227 g/mol. The van der Waals surface area contributed by atoms with Crippen molar-refractivity contribution in [3.05, 3.63) is 29.3 Å². The van der Waals surface area contributed by atoms with Gasteiger partial charge in [-0.1, -0.05) is 0 Å². The summed E-state index contributed by atoms with van der Waals surface area (Å²) in [5.41, 5.74) is -0.452. The summed E-state index contributed by atoms with van der Waals surface area (Å²) in [5, 5.41) is 11.6. The van der Waals surface area contributed by atoms with Crippen LogP contribution in [0, 0.1) is 11.6 Å². The molecule has 0 heterocycles.